The molecule has 0 saturated carbocycles. The molecule has 0 aliphatic rings. The molecule has 1 aromatic heterocycles. The number of hydrogen-bond acceptors (Lipinski definition) is 3. The van der Waals surface area contributed by atoms with Crippen LogP contribution in [0.15, 0.2) is 29.4 Å². The molecule has 0 aliphatic carbocycles. The lowest BCUT2D eigenvalue weighted by Gasteiger charge is -2.02. The summed E-state index contributed by atoms with van der Waals surface area (Å²) in [6, 6.07) is 7.31. The lowest BCUT2D eigenvalue weighted by atomic mass is 10.3. The minimum Gasteiger partial charge on any atom is -0.251 e. The molecule has 0 spiro atoms. The van der Waals surface area contributed by atoms with Crippen molar-refractivity contribution < 1.29 is 4.21 Å². The van der Waals surface area contributed by atoms with Crippen LogP contribution in [0.1, 0.15) is 12.7 Å². The Bertz CT molecular complexity index is 568. The Morgan fingerprint density at radius 1 is 1.47 bits per heavy atom. The van der Waals surface area contributed by atoms with Gasteiger partial charge in [0.25, 0.3) is 0 Å². The van der Waals surface area contributed by atoms with Crippen LogP contribution in [0.5, 0.6) is 0 Å². The maximum atomic E-state index is 11.6. The summed E-state index contributed by atoms with van der Waals surface area (Å²) in [5.41, 5.74) is 0.821. The van der Waals surface area contributed by atoms with E-state index < -0.39 is 10.8 Å². The Morgan fingerprint density at radius 2 is 2.24 bits per heavy atom. The highest BCUT2D eigenvalue weighted by Gasteiger charge is 2.12. The molecule has 2 aromatic rings. The molecule has 0 amide bonds. The SMILES string of the molecule is CCS(=O)c1nc(C)n(-c2cccc(Cl)c2)n1. The largest absolute Gasteiger partial charge is 0.251 e. The van der Waals surface area contributed by atoms with E-state index in [0.717, 1.165) is 5.69 Å². The molecule has 1 heterocycles. The molecule has 90 valence electrons. The van der Waals surface area contributed by atoms with Crippen molar-refractivity contribution in [3.8, 4) is 5.69 Å². The summed E-state index contributed by atoms with van der Waals surface area (Å²) in [6.45, 7) is 3.66. The highest BCUT2D eigenvalue weighted by Crippen LogP contribution is 2.16. The summed E-state index contributed by atoms with van der Waals surface area (Å²) in [4.78, 5) is 4.20. The van der Waals surface area contributed by atoms with E-state index in [4.69, 9.17) is 11.6 Å². The third-order valence-corrected chi connectivity index (χ3v) is 3.61. The molecule has 0 saturated heterocycles. The molecule has 6 heteroatoms. The summed E-state index contributed by atoms with van der Waals surface area (Å²) in [5.74, 6) is 1.21. The Kier molecular flexibility index (Phi) is 3.59. The van der Waals surface area contributed by atoms with Gasteiger partial charge in [-0.2, -0.15) is 0 Å². The quantitative estimate of drug-likeness (QED) is 0.859. The van der Waals surface area contributed by atoms with Crippen LogP contribution in [0, 0.1) is 6.92 Å². The molecule has 4 nitrogen and oxygen atoms in total. The summed E-state index contributed by atoms with van der Waals surface area (Å²) in [5, 5.41) is 5.24. The minimum absolute atomic E-state index is 0.366. The van der Waals surface area contributed by atoms with E-state index in [-0.39, 0.29) is 0 Å². The number of nitrogens with zero attached hydrogens (tertiary/aromatic N) is 3. The Balaban J connectivity index is 2.46. The summed E-state index contributed by atoms with van der Waals surface area (Å²) < 4.78 is 13.3. The molecule has 1 aromatic carbocycles. The zero-order valence-electron chi connectivity index (χ0n) is 9.55. The molecule has 0 fully saturated rings. The normalized spacial score (nSPS) is 12.6. The number of hydrogen-bond donors (Lipinski definition) is 0. The zero-order valence-corrected chi connectivity index (χ0v) is 11.1. The lowest BCUT2D eigenvalue weighted by Crippen LogP contribution is -2.00. The molecule has 0 aliphatic heterocycles. The predicted octanol–water partition coefficient (Wildman–Crippen LogP) is 2.36. The van der Waals surface area contributed by atoms with Gasteiger partial charge in [-0.15, -0.1) is 5.10 Å². The van der Waals surface area contributed by atoms with Crippen LogP contribution in [0.4, 0.5) is 0 Å². The number of aromatic nitrogens is 3. The van der Waals surface area contributed by atoms with E-state index >= 15 is 0 Å². The van der Waals surface area contributed by atoms with Gasteiger partial charge >= 0.3 is 0 Å². The Labute approximate surface area is 107 Å². The molecular formula is C11H12ClN3OS. The first-order valence-electron chi connectivity index (χ1n) is 5.19. The van der Waals surface area contributed by atoms with Gasteiger partial charge < -0.3 is 0 Å². The topological polar surface area (TPSA) is 47.8 Å². The van der Waals surface area contributed by atoms with E-state index in [2.05, 4.69) is 10.1 Å². The van der Waals surface area contributed by atoms with Crippen molar-refractivity contribution >= 4 is 22.4 Å². The van der Waals surface area contributed by atoms with Gasteiger partial charge in [-0.25, -0.2) is 9.67 Å². The fraction of sp³-hybridized carbons (Fsp3) is 0.273. The number of aryl methyl sites for hydroxylation is 1. The van der Waals surface area contributed by atoms with E-state index in [9.17, 15) is 4.21 Å². The third kappa shape index (κ3) is 2.56. The van der Waals surface area contributed by atoms with Crippen LogP contribution in [0.25, 0.3) is 5.69 Å². The van der Waals surface area contributed by atoms with Crippen LogP contribution in [-0.2, 0) is 10.8 Å². The van der Waals surface area contributed by atoms with Gasteiger partial charge in [-0.05, 0) is 25.1 Å². The second-order valence-corrected chi connectivity index (χ2v) is 5.54. The maximum Gasteiger partial charge on any atom is 0.239 e. The second-order valence-electron chi connectivity index (χ2n) is 3.47. The average Bonchev–Trinajstić information content (AvgIpc) is 2.70. The lowest BCUT2D eigenvalue weighted by molar-refractivity contribution is 0.675. The molecular weight excluding hydrogens is 258 g/mol. The summed E-state index contributed by atoms with van der Waals surface area (Å²) >= 11 is 5.92. The molecule has 2 rings (SSSR count). The first-order valence-corrected chi connectivity index (χ1v) is 6.89. The fourth-order valence-electron chi connectivity index (χ4n) is 1.44. The maximum absolute atomic E-state index is 11.6. The van der Waals surface area contributed by atoms with Crippen LogP contribution < -0.4 is 0 Å². The van der Waals surface area contributed by atoms with Crippen molar-refractivity contribution in [2.45, 2.75) is 19.0 Å². The van der Waals surface area contributed by atoms with Gasteiger partial charge in [0.05, 0.1) is 16.5 Å². The van der Waals surface area contributed by atoms with Crippen molar-refractivity contribution in [3.63, 3.8) is 0 Å². The number of halogens is 1. The van der Waals surface area contributed by atoms with Gasteiger partial charge in [0.1, 0.15) is 5.82 Å². The van der Waals surface area contributed by atoms with Crippen LogP contribution >= 0.6 is 11.6 Å². The van der Waals surface area contributed by atoms with Gasteiger partial charge in [0.15, 0.2) is 0 Å². The van der Waals surface area contributed by atoms with E-state index in [1.54, 1.807) is 16.8 Å². The average molecular weight is 270 g/mol. The molecule has 0 bridgehead atoms. The van der Waals surface area contributed by atoms with Gasteiger partial charge in [-0.1, -0.05) is 24.6 Å². The summed E-state index contributed by atoms with van der Waals surface area (Å²) in [6.07, 6.45) is 0. The number of rotatable bonds is 3. The first-order chi connectivity index (χ1) is 8.11. The monoisotopic (exact) mass is 269 g/mol. The molecule has 1 atom stereocenters. The third-order valence-electron chi connectivity index (χ3n) is 2.27. The Hall–Kier alpha value is -1.20. The first kappa shape index (κ1) is 12.3. The van der Waals surface area contributed by atoms with Crippen LogP contribution in [0.3, 0.4) is 0 Å². The van der Waals surface area contributed by atoms with Gasteiger partial charge in [-0.3, -0.25) is 4.21 Å². The van der Waals surface area contributed by atoms with Crippen LogP contribution in [0.2, 0.25) is 5.02 Å². The predicted molar refractivity (Wildman–Crippen MR) is 68.1 cm³/mol. The molecule has 1 unspecified atom stereocenters. The highest BCUT2D eigenvalue weighted by atomic mass is 35.5. The van der Waals surface area contributed by atoms with Crippen molar-refractivity contribution in [2.24, 2.45) is 0 Å². The summed E-state index contributed by atoms with van der Waals surface area (Å²) in [7, 11) is -1.13. The molecule has 0 radical (unpaired) electrons. The second kappa shape index (κ2) is 4.98. The van der Waals surface area contributed by atoms with Crippen molar-refractivity contribution in [3.05, 3.63) is 35.1 Å². The highest BCUT2D eigenvalue weighted by molar-refractivity contribution is 7.84. The van der Waals surface area contributed by atoms with E-state index in [1.165, 1.54) is 0 Å². The number of benzene rings is 1. The van der Waals surface area contributed by atoms with Gasteiger partial charge in [0, 0.05) is 10.8 Å². The smallest absolute Gasteiger partial charge is 0.239 e. The van der Waals surface area contributed by atoms with Crippen LogP contribution in [-0.4, -0.2) is 24.7 Å². The standard InChI is InChI=1S/C11H12ClN3OS/c1-3-17(16)11-13-8(2)15(14-11)10-6-4-5-9(12)7-10/h4-7H,3H2,1-2H3. The van der Waals surface area contributed by atoms with E-state index in [0.29, 0.717) is 21.8 Å². The van der Waals surface area contributed by atoms with Crippen molar-refractivity contribution in [1.82, 2.24) is 14.8 Å². The van der Waals surface area contributed by atoms with Gasteiger partial charge in [0.2, 0.25) is 5.16 Å². The molecule has 0 N–H and O–H groups in total. The van der Waals surface area contributed by atoms with Crippen molar-refractivity contribution in [1.29, 1.82) is 0 Å². The van der Waals surface area contributed by atoms with E-state index in [1.807, 2.05) is 26.0 Å². The molecule has 17 heavy (non-hydrogen) atoms. The van der Waals surface area contributed by atoms with Crippen molar-refractivity contribution in [2.75, 3.05) is 5.75 Å². The minimum atomic E-state index is -1.13. The zero-order chi connectivity index (χ0) is 12.4. The Morgan fingerprint density at radius 3 is 2.88 bits per heavy atom. The fourth-order valence-corrected chi connectivity index (χ4v) is 2.29.